The Morgan fingerprint density at radius 3 is 2.38 bits per heavy atom. The van der Waals surface area contributed by atoms with Crippen molar-refractivity contribution in [1.29, 1.82) is 0 Å². The minimum Gasteiger partial charge on any atom is -0.373 e. The number of anilines is 1. The zero-order valence-corrected chi connectivity index (χ0v) is 15.1. The van der Waals surface area contributed by atoms with Gasteiger partial charge in [-0.3, -0.25) is 15.0 Å². The first-order chi connectivity index (χ1) is 12.5. The minimum absolute atomic E-state index is 0.00773. The number of ether oxygens (including phenoxy) is 1. The molecule has 0 radical (unpaired) electrons. The second-order valence-electron chi connectivity index (χ2n) is 6.78. The Hall–Kier alpha value is -2.51. The lowest BCUT2D eigenvalue weighted by molar-refractivity contribution is -0.385. The molecule has 0 amide bonds. The SMILES string of the molecule is C[C@@H]1CN(Cc2ccc(CNc3ccc([N+](=O)[O-])cn3)cc2)C[C@H](C)O1. The summed E-state index contributed by atoms with van der Waals surface area (Å²) >= 11 is 0. The number of aromatic nitrogens is 1. The number of nitrogens with one attached hydrogen (secondary N) is 1. The van der Waals surface area contributed by atoms with Gasteiger partial charge in [0.2, 0.25) is 0 Å². The lowest BCUT2D eigenvalue weighted by Gasteiger charge is -2.35. The number of benzene rings is 1. The van der Waals surface area contributed by atoms with Crippen molar-refractivity contribution in [3.8, 4) is 0 Å². The zero-order chi connectivity index (χ0) is 18.5. The van der Waals surface area contributed by atoms with E-state index in [2.05, 4.69) is 53.3 Å². The smallest absolute Gasteiger partial charge is 0.287 e. The molecule has 0 unspecified atom stereocenters. The van der Waals surface area contributed by atoms with Gasteiger partial charge in [0.25, 0.3) is 5.69 Å². The predicted octanol–water partition coefficient (Wildman–Crippen LogP) is 3.21. The molecule has 1 N–H and O–H groups in total. The van der Waals surface area contributed by atoms with E-state index in [0.29, 0.717) is 12.4 Å². The Labute approximate surface area is 153 Å². The summed E-state index contributed by atoms with van der Waals surface area (Å²) in [6.07, 6.45) is 1.81. The highest BCUT2D eigenvalue weighted by atomic mass is 16.6. The fourth-order valence-electron chi connectivity index (χ4n) is 3.23. The first-order valence-corrected chi connectivity index (χ1v) is 8.79. The van der Waals surface area contributed by atoms with Gasteiger partial charge in [0.1, 0.15) is 12.0 Å². The first kappa shape index (κ1) is 18.3. The molecular weight excluding hydrogens is 332 g/mol. The molecule has 0 spiro atoms. The van der Waals surface area contributed by atoms with Crippen molar-refractivity contribution in [3.63, 3.8) is 0 Å². The van der Waals surface area contributed by atoms with Gasteiger partial charge < -0.3 is 10.1 Å². The van der Waals surface area contributed by atoms with Crippen LogP contribution in [0.1, 0.15) is 25.0 Å². The van der Waals surface area contributed by atoms with Crippen LogP contribution in [0, 0.1) is 10.1 Å². The van der Waals surface area contributed by atoms with Crippen LogP contribution >= 0.6 is 0 Å². The van der Waals surface area contributed by atoms with E-state index in [1.54, 1.807) is 6.07 Å². The molecule has 1 aliphatic heterocycles. The van der Waals surface area contributed by atoms with Gasteiger partial charge in [0, 0.05) is 32.2 Å². The summed E-state index contributed by atoms with van der Waals surface area (Å²) in [6.45, 7) is 7.69. The second-order valence-corrected chi connectivity index (χ2v) is 6.78. The van der Waals surface area contributed by atoms with Gasteiger partial charge in [-0.05, 0) is 31.0 Å². The number of hydrogen-bond acceptors (Lipinski definition) is 6. The third-order valence-corrected chi connectivity index (χ3v) is 4.36. The van der Waals surface area contributed by atoms with E-state index >= 15 is 0 Å². The van der Waals surface area contributed by atoms with Crippen LogP contribution in [0.5, 0.6) is 0 Å². The summed E-state index contributed by atoms with van der Waals surface area (Å²) in [5.41, 5.74) is 2.41. The van der Waals surface area contributed by atoms with Crippen LogP contribution < -0.4 is 5.32 Å². The lowest BCUT2D eigenvalue weighted by Crippen LogP contribution is -2.44. The second kappa shape index (κ2) is 8.25. The number of nitro groups is 1. The first-order valence-electron chi connectivity index (χ1n) is 8.79. The number of pyridine rings is 1. The average Bonchev–Trinajstić information content (AvgIpc) is 2.60. The van der Waals surface area contributed by atoms with Gasteiger partial charge in [0.05, 0.1) is 17.1 Å². The molecule has 1 aromatic heterocycles. The highest BCUT2D eigenvalue weighted by Gasteiger charge is 2.21. The van der Waals surface area contributed by atoms with Gasteiger partial charge in [0.15, 0.2) is 0 Å². The largest absolute Gasteiger partial charge is 0.373 e. The Morgan fingerprint density at radius 1 is 1.15 bits per heavy atom. The number of rotatable bonds is 6. The quantitative estimate of drug-likeness (QED) is 0.632. The molecule has 1 aliphatic rings. The minimum atomic E-state index is -0.453. The van der Waals surface area contributed by atoms with Crippen molar-refractivity contribution in [3.05, 3.63) is 63.8 Å². The molecule has 1 aromatic carbocycles. The molecular formula is C19H24N4O3. The number of morpholine rings is 1. The highest BCUT2D eigenvalue weighted by molar-refractivity contribution is 5.40. The predicted molar refractivity (Wildman–Crippen MR) is 99.9 cm³/mol. The van der Waals surface area contributed by atoms with Crippen molar-refractivity contribution in [2.75, 3.05) is 18.4 Å². The van der Waals surface area contributed by atoms with Gasteiger partial charge in [-0.2, -0.15) is 0 Å². The molecule has 0 aliphatic carbocycles. The van der Waals surface area contributed by atoms with E-state index in [0.717, 1.165) is 25.2 Å². The monoisotopic (exact) mass is 356 g/mol. The van der Waals surface area contributed by atoms with E-state index in [1.165, 1.54) is 17.8 Å². The highest BCUT2D eigenvalue weighted by Crippen LogP contribution is 2.16. The lowest BCUT2D eigenvalue weighted by atomic mass is 10.1. The molecule has 3 rings (SSSR count). The van der Waals surface area contributed by atoms with Gasteiger partial charge >= 0.3 is 0 Å². The van der Waals surface area contributed by atoms with Crippen LogP contribution in [0.3, 0.4) is 0 Å². The number of nitrogens with zero attached hydrogens (tertiary/aromatic N) is 3. The van der Waals surface area contributed by atoms with Gasteiger partial charge in [-0.1, -0.05) is 24.3 Å². The maximum absolute atomic E-state index is 10.6. The Balaban J connectivity index is 1.52. The molecule has 7 nitrogen and oxygen atoms in total. The average molecular weight is 356 g/mol. The molecule has 0 bridgehead atoms. The normalized spacial score (nSPS) is 20.7. The fourth-order valence-corrected chi connectivity index (χ4v) is 3.23. The summed E-state index contributed by atoms with van der Waals surface area (Å²) in [5, 5.41) is 13.8. The van der Waals surface area contributed by atoms with Crippen LogP contribution in [0.4, 0.5) is 11.5 Å². The Morgan fingerprint density at radius 2 is 1.81 bits per heavy atom. The maximum atomic E-state index is 10.6. The fraction of sp³-hybridized carbons (Fsp3) is 0.421. The topological polar surface area (TPSA) is 80.5 Å². The summed E-state index contributed by atoms with van der Waals surface area (Å²) in [4.78, 5) is 16.7. The van der Waals surface area contributed by atoms with E-state index in [4.69, 9.17) is 4.74 Å². The summed E-state index contributed by atoms with van der Waals surface area (Å²) in [5.74, 6) is 0.621. The Kier molecular flexibility index (Phi) is 5.80. The van der Waals surface area contributed by atoms with Crippen LogP contribution in [0.25, 0.3) is 0 Å². The Bertz CT molecular complexity index is 723. The molecule has 26 heavy (non-hydrogen) atoms. The molecule has 2 atom stereocenters. The molecule has 1 saturated heterocycles. The van der Waals surface area contributed by atoms with Crippen molar-refractivity contribution >= 4 is 11.5 Å². The van der Waals surface area contributed by atoms with Crippen LogP contribution in [0.2, 0.25) is 0 Å². The van der Waals surface area contributed by atoms with E-state index in [1.807, 2.05) is 0 Å². The van der Waals surface area contributed by atoms with Crippen molar-refractivity contribution in [2.24, 2.45) is 0 Å². The molecule has 7 heteroatoms. The van der Waals surface area contributed by atoms with E-state index in [9.17, 15) is 10.1 Å². The van der Waals surface area contributed by atoms with Crippen LogP contribution in [-0.2, 0) is 17.8 Å². The van der Waals surface area contributed by atoms with Crippen molar-refractivity contribution < 1.29 is 9.66 Å². The molecule has 138 valence electrons. The standard InChI is InChI=1S/C19H24N4O3/c1-14-11-22(12-15(2)26-14)13-17-5-3-16(4-6-17)9-20-19-8-7-18(10-21-19)23(24)25/h3-8,10,14-15H,9,11-13H2,1-2H3,(H,20,21)/t14-,15+. The molecule has 1 fully saturated rings. The van der Waals surface area contributed by atoms with Crippen molar-refractivity contribution in [1.82, 2.24) is 9.88 Å². The zero-order valence-electron chi connectivity index (χ0n) is 15.1. The molecule has 2 aromatic rings. The van der Waals surface area contributed by atoms with Gasteiger partial charge in [-0.25, -0.2) is 4.98 Å². The van der Waals surface area contributed by atoms with Crippen molar-refractivity contribution in [2.45, 2.75) is 39.1 Å². The van der Waals surface area contributed by atoms with E-state index in [-0.39, 0.29) is 17.9 Å². The molecule has 0 saturated carbocycles. The van der Waals surface area contributed by atoms with Crippen LogP contribution in [0.15, 0.2) is 42.6 Å². The summed E-state index contributed by atoms with van der Waals surface area (Å²) < 4.78 is 5.77. The summed E-state index contributed by atoms with van der Waals surface area (Å²) in [7, 11) is 0. The summed E-state index contributed by atoms with van der Waals surface area (Å²) in [6, 6.07) is 11.5. The van der Waals surface area contributed by atoms with Gasteiger partial charge in [-0.15, -0.1) is 0 Å². The van der Waals surface area contributed by atoms with E-state index < -0.39 is 4.92 Å². The van der Waals surface area contributed by atoms with Crippen LogP contribution in [-0.4, -0.2) is 40.1 Å². The third kappa shape index (κ3) is 5.00. The number of hydrogen-bond donors (Lipinski definition) is 1. The maximum Gasteiger partial charge on any atom is 0.287 e. The molecule has 2 heterocycles. The third-order valence-electron chi connectivity index (χ3n) is 4.36.